The quantitative estimate of drug-likeness (QED) is 0.686. The molecule has 2 unspecified atom stereocenters. The molecular formula is C10H12FN3. The fourth-order valence-electron chi connectivity index (χ4n) is 2.01. The fraction of sp³-hybridized carbons (Fsp3) is 0.600. The summed E-state index contributed by atoms with van der Waals surface area (Å²) in [5, 5.41) is 12.8. The van der Waals surface area contributed by atoms with Crippen LogP contribution in [0.2, 0.25) is 0 Å². The molecule has 1 saturated carbocycles. The Hall–Kier alpha value is -1.37. The number of hydrogen-bond donors (Lipinski definition) is 0. The first kappa shape index (κ1) is 9.20. The second kappa shape index (κ2) is 3.79. The smallest absolute Gasteiger partial charge is 0.138 e. The molecule has 0 saturated heterocycles. The van der Waals surface area contributed by atoms with Gasteiger partial charge in [0.1, 0.15) is 17.9 Å². The first-order valence-electron chi connectivity index (χ1n) is 4.90. The molecular weight excluding hydrogens is 181 g/mol. The van der Waals surface area contributed by atoms with E-state index < -0.39 is 6.17 Å². The lowest BCUT2D eigenvalue weighted by Gasteiger charge is -2.26. The van der Waals surface area contributed by atoms with E-state index in [4.69, 9.17) is 5.26 Å². The van der Waals surface area contributed by atoms with Crippen LogP contribution in [-0.4, -0.2) is 16.0 Å². The number of hydrogen-bond acceptors (Lipinski definition) is 2. The van der Waals surface area contributed by atoms with Gasteiger partial charge in [-0.05, 0) is 18.9 Å². The summed E-state index contributed by atoms with van der Waals surface area (Å²) >= 11 is 0. The molecule has 0 aliphatic heterocycles. The zero-order chi connectivity index (χ0) is 9.97. The maximum absolute atomic E-state index is 13.6. The maximum atomic E-state index is 13.6. The lowest BCUT2D eigenvalue weighted by atomic mass is 9.93. The Labute approximate surface area is 82.1 Å². The van der Waals surface area contributed by atoms with Crippen LogP contribution in [0.15, 0.2) is 12.3 Å². The zero-order valence-corrected chi connectivity index (χ0v) is 7.86. The Morgan fingerprint density at radius 2 is 2.29 bits per heavy atom. The summed E-state index contributed by atoms with van der Waals surface area (Å²) in [6.45, 7) is 0. The van der Waals surface area contributed by atoms with E-state index >= 15 is 0 Å². The molecule has 0 bridgehead atoms. The van der Waals surface area contributed by atoms with Gasteiger partial charge in [-0.15, -0.1) is 0 Å². The third kappa shape index (κ3) is 1.50. The summed E-state index contributed by atoms with van der Waals surface area (Å²) in [5.41, 5.74) is 0.458. The van der Waals surface area contributed by atoms with Crippen LogP contribution in [0.3, 0.4) is 0 Å². The van der Waals surface area contributed by atoms with Gasteiger partial charge < -0.3 is 0 Å². The van der Waals surface area contributed by atoms with Gasteiger partial charge in [-0.2, -0.15) is 10.4 Å². The Morgan fingerprint density at radius 1 is 1.50 bits per heavy atom. The predicted molar refractivity (Wildman–Crippen MR) is 49.3 cm³/mol. The van der Waals surface area contributed by atoms with Crippen molar-refractivity contribution in [3.05, 3.63) is 18.0 Å². The lowest BCUT2D eigenvalue weighted by Crippen LogP contribution is -2.26. The van der Waals surface area contributed by atoms with Crippen molar-refractivity contribution in [2.75, 3.05) is 0 Å². The molecule has 4 heteroatoms. The highest BCUT2D eigenvalue weighted by molar-refractivity contribution is 5.19. The molecule has 1 aliphatic rings. The third-order valence-electron chi connectivity index (χ3n) is 2.75. The van der Waals surface area contributed by atoms with Gasteiger partial charge in [0.15, 0.2) is 0 Å². The number of nitrogens with zero attached hydrogens (tertiary/aromatic N) is 3. The van der Waals surface area contributed by atoms with Crippen LogP contribution >= 0.6 is 0 Å². The Bertz CT molecular complexity index is 352. The van der Waals surface area contributed by atoms with Crippen LogP contribution < -0.4 is 0 Å². The van der Waals surface area contributed by atoms with Gasteiger partial charge >= 0.3 is 0 Å². The van der Waals surface area contributed by atoms with Crippen LogP contribution in [0, 0.1) is 11.3 Å². The average Bonchev–Trinajstić information content (AvgIpc) is 2.66. The second-order valence-electron chi connectivity index (χ2n) is 3.64. The summed E-state index contributed by atoms with van der Waals surface area (Å²) < 4.78 is 15.1. The Kier molecular flexibility index (Phi) is 2.49. The van der Waals surface area contributed by atoms with Crippen molar-refractivity contribution in [1.29, 1.82) is 5.26 Å². The van der Waals surface area contributed by atoms with Crippen LogP contribution in [0.25, 0.3) is 0 Å². The van der Waals surface area contributed by atoms with Gasteiger partial charge in [0.25, 0.3) is 0 Å². The number of aromatic nitrogens is 2. The topological polar surface area (TPSA) is 41.6 Å². The van der Waals surface area contributed by atoms with Crippen molar-refractivity contribution in [3.8, 4) is 6.07 Å². The van der Waals surface area contributed by atoms with Gasteiger partial charge in [-0.25, -0.2) is 9.07 Å². The van der Waals surface area contributed by atoms with Gasteiger partial charge in [-0.1, -0.05) is 12.8 Å². The van der Waals surface area contributed by atoms with Gasteiger partial charge in [0.2, 0.25) is 0 Å². The molecule has 1 aromatic heterocycles. The molecule has 1 fully saturated rings. The molecule has 1 aliphatic carbocycles. The SMILES string of the molecule is N#Cc1ccnn1C1CCCCC1F. The summed E-state index contributed by atoms with van der Waals surface area (Å²) in [5.74, 6) is 0. The van der Waals surface area contributed by atoms with Crippen molar-refractivity contribution in [2.45, 2.75) is 37.9 Å². The number of rotatable bonds is 1. The number of alkyl halides is 1. The minimum Gasteiger partial charge on any atom is -0.249 e. The van der Waals surface area contributed by atoms with Crippen molar-refractivity contribution in [3.63, 3.8) is 0 Å². The van der Waals surface area contributed by atoms with Crippen molar-refractivity contribution < 1.29 is 4.39 Å². The van der Waals surface area contributed by atoms with Gasteiger partial charge in [0.05, 0.1) is 12.2 Å². The summed E-state index contributed by atoms with van der Waals surface area (Å²) in [6, 6.07) is 3.43. The van der Waals surface area contributed by atoms with Crippen LogP contribution in [0.4, 0.5) is 4.39 Å². The normalized spacial score (nSPS) is 27.1. The van der Waals surface area contributed by atoms with Crippen LogP contribution in [0.5, 0.6) is 0 Å². The number of nitriles is 1. The minimum absolute atomic E-state index is 0.228. The Balaban J connectivity index is 2.25. The monoisotopic (exact) mass is 193 g/mol. The molecule has 1 heterocycles. The fourth-order valence-corrected chi connectivity index (χ4v) is 2.01. The highest BCUT2D eigenvalue weighted by Crippen LogP contribution is 2.31. The van der Waals surface area contributed by atoms with E-state index in [2.05, 4.69) is 5.10 Å². The van der Waals surface area contributed by atoms with Crippen molar-refractivity contribution in [1.82, 2.24) is 9.78 Å². The van der Waals surface area contributed by atoms with E-state index in [0.717, 1.165) is 19.3 Å². The molecule has 0 spiro atoms. The summed E-state index contributed by atoms with van der Waals surface area (Å²) in [7, 11) is 0. The molecule has 2 rings (SSSR count). The van der Waals surface area contributed by atoms with Gasteiger partial charge in [-0.3, -0.25) is 0 Å². The van der Waals surface area contributed by atoms with Crippen LogP contribution in [0.1, 0.15) is 37.4 Å². The molecule has 14 heavy (non-hydrogen) atoms. The maximum Gasteiger partial charge on any atom is 0.138 e. The molecule has 2 atom stereocenters. The molecule has 0 N–H and O–H groups in total. The molecule has 0 amide bonds. The van der Waals surface area contributed by atoms with E-state index in [1.54, 1.807) is 12.3 Å². The summed E-state index contributed by atoms with van der Waals surface area (Å²) in [6.07, 6.45) is 4.06. The van der Waals surface area contributed by atoms with E-state index in [0.29, 0.717) is 12.1 Å². The van der Waals surface area contributed by atoms with E-state index in [1.807, 2.05) is 6.07 Å². The molecule has 1 aromatic rings. The molecule has 74 valence electrons. The zero-order valence-electron chi connectivity index (χ0n) is 7.86. The Morgan fingerprint density at radius 3 is 3.00 bits per heavy atom. The lowest BCUT2D eigenvalue weighted by molar-refractivity contribution is 0.159. The molecule has 3 nitrogen and oxygen atoms in total. The molecule has 0 aromatic carbocycles. The van der Waals surface area contributed by atoms with Gasteiger partial charge in [0, 0.05) is 0 Å². The van der Waals surface area contributed by atoms with Crippen molar-refractivity contribution >= 4 is 0 Å². The predicted octanol–water partition coefficient (Wildman–Crippen LogP) is 2.21. The molecule has 0 radical (unpaired) electrons. The summed E-state index contributed by atoms with van der Waals surface area (Å²) in [4.78, 5) is 0. The number of halogens is 1. The highest BCUT2D eigenvalue weighted by Gasteiger charge is 2.27. The first-order valence-corrected chi connectivity index (χ1v) is 4.90. The standard InChI is InChI=1S/C10H12FN3/c11-9-3-1-2-4-10(9)14-8(7-12)5-6-13-14/h5-6,9-10H,1-4H2. The largest absolute Gasteiger partial charge is 0.249 e. The second-order valence-corrected chi connectivity index (χ2v) is 3.64. The third-order valence-corrected chi connectivity index (χ3v) is 2.75. The average molecular weight is 193 g/mol. The first-order chi connectivity index (χ1) is 6.83. The van der Waals surface area contributed by atoms with Crippen LogP contribution in [-0.2, 0) is 0 Å². The van der Waals surface area contributed by atoms with E-state index in [1.165, 1.54) is 4.68 Å². The van der Waals surface area contributed by atoms with E-state index in [9.17, 15) is 4.39 Å². The van der Waals surface area contributed by atoms with Crippen molar-refractivity contribution in [2.24, 2.45) is 0 Å². The minimum atomic E-state index is -0.851. The highest BCUT2D eigenvalue weighted by atomic mass is 19.1. The van der Waals surface area contributed by atoms with E-state index in [-0.39, 0.29) is 6.04 Å².